The second-order valence-electron chi connectivity index (χ2n) is 6.97. The van der Waals surface area contributed by atoms with Crippen molar-refractivity contribution in [1.82, 2.24) is 10.1 Å². The molecular weight excluding hydrogens is 348 g/mol. The lowest BCUT2D eigenvalue weighted by atomic mass is 10.0. The summed E-state index contributed by atoms with van der Waals surface area (Å²) < 4.78 is 0. The minimum Gasteiger partial charge on any atom is -0.330 e. The van der Waals surface area contributed by atoms with Crippen molar-refractivity contribution in [2.24, 2.45) is 17.3 Å². The van der Waals surface area contributed by atoms with Gasteiger partial charge in [-0.05, 0) is 18.8 Å². The predicted octanol–water partition coefficient (Wildman–Crippen LogP) is -0.383. The van der Waals surface area contributed by atoms with Crippen molar-refractivity contribution in [1.29, 1.82) is 0 Å². The number of carbonyl (C=O) groups excluding carboxylic acids is 6. The molecule has 4 aliphatic rings. The molecule has 10 heteroatoms. The largest absolute Gasteiger partial charge is 0.340 e. The van der Waals surface area contributed by atoms with Crippen molar-refractivity contribution in [2.75, 3.05) is 0 Å². The zero-order valence-corrected chi connectivity index (χ0v) is 13.8. The molecule has 0 N–H and O–H groups in total. The van der Waals surface area contributed by atoms with E-state index in [0.29, 0.717) is 29.4 Å². The third kappa shape index (κ3) is 2.24. The van der Waals surface area contributed by atoms with Crippen LogP contribution in [0, 0.1) is 17.3 Å². The van der Waals surface area contributed by atoms with E-state index in [1.54, 1.807) is 0 Å². The van der Waals surface area contributed by atoms with E-state index in [1.807, 2.05) is 0 Å². The molecule has 10 nitrogen and oxygen atoms in total. The Labute approximate surface area is 147 Å². The molecule has 0 bridgehead atoms. The van der Waals surface area contributed by atoms with Crippen molar-refractivity contribution in [3.63, 3.8) is 0 Å². The predicted molar refractivity (Wildman–Crippen MR) is 77.6 cm³/mol. The minimum atomic E-state index is -1.16. The minimum absolute atomic E-state index is 0.0206. The fourth-order valence-electron chi connectivity index (χ4n) is 4.28. The summed E-state index contributed by atoms with van der Waals surface area (Å²) in [5.74, 6) is -5.23. The van der Waals surface area contributed by atoms with E-state index in [1.165, 1.54) is 0 Å². The van der Waals surface area contributed by atoms with E-state index in [2.05, 4.69) is 0 Å². The highest BCUT2D eigenvalue weighted by molar-refractivity contribution is 6.03. The summed E-state index contributed by atoms with van der Waals surface area (Å²) in [4.78, 5) is 81.4. The molecule has 2 saturated carbocycles. The standard InChI is InChI=1S/C16H16N2O8/c19-9-3-4-10(20)17(9)25-14(23)13-8-2-1-7-16(8,13)15(24)26-18-11(21)5-6-12(18)22/h8,13H,1-7H2. The van der Waals surface area contributed by atoms with Crippen LogP contribution in [0.15, 0.2) is 0 Å². The van der Waals surface area contributed by atoms with Crippen molar-refractivity contribution < 1.29 is 38.4 Å². The number of fused-ring (bicyclic) bond motifs is 1. The van der Waals surface area contributed by atoms with E-state index in [-0.39, 0.29) is 31.6 Å². The Morgan fingerprint density at radius 1 is 0.846 bits per heavy atom. The zero-order valence-electron chi connectivity index (χ0n) is 13.8. The maximum Gasteiger partial charge on any atom is 0.340 e. The van der Waals surface area contributed by atoms with Crippen LogP contribution < -0.4 is 0 Å². The highest BCUT2D eigenvalue weighted by Crippen LogP contribution is 2.69. The topological polar surface area (TPSA) is 127 Å². The monoisotopic (exact) mass is 364 g/mol. The Morgan fingerprint density at radius 3 is 1.88 bits per heavy atom. The van der Waals surface area contributed by atoms with Crippen LogP contribution in [-0.4, -0.2) is 45.7 Å². The average Bonchev–Trinajstić information content (AvgIpc) is 2.87. The van der Waals surface area contributed by atoms with Gasteiger partial charge in [0.25, 0.3) is 23.6 Å². The van der Waals surface area contributed by atoms with Crippen LogP contribution in [0.25, 0.3) is 0 Å². The normalized spacial score (nSPS) is 32.9. The number of rotatable bonds is 4. The summed E-state index contributed by atoms with van der Waals surface area (Å²) in [7, 11) is 0. The summed E-state index contributed by atoms with van der Waals surface area (Å²) in [6.07, 6.45) is 1.54. The van der Waals surface area contributed by atoms with E-state index >= 15 is 0 Å². The van der Waals surface area contributed by atoms with Gasteiger partial charge in [-0.1, -0.05) is 6.42 Å². The Bertz CT molecular complexity index is 729. The molecule has 2 aliphatic heterocycles. The molecule has 4 rings (SSSR count). The Kier molecular flexibility index (Phi) is 3.60. The molecule has 0 aromatic heterocycles. The second-order valence-corrected chi connectivity index (χ2v) is 6.97. The molecule has 3 atom stereocenters. The lowest BCUT2D eigenvalue weighted by Crippen LogP contribution is -2.37. The molecule has 0 radical (unpaired) electrons. The van der Waals surface area contributed by atoms with Gasteiger partial charge in [-0.3, -0.25) is 19.2 Å². The molecule has 4 amide bonds. The first-order valence-corrected chi connectivity index (χ1v) is 8.52. The van der Waals surface area contributed by atoms with Gasteiger partial charge in [0, 0.05) is 25.7 Å². The molecule has 2 heterocycles. The summed E-state index contributed by atoms with van der Waals surface area (Å²) >= 11 is 0. The number of nitrogens with zero attached hydrogens (tertiary/aromatic N) is 2. The number of hydrogen-bond acceptors (Lipinski definition) is 8. The molecular formula is C16H16N2O8. The number of imide groups is 2. The van der Waals surface area contributed by atoms with Crippen LogP contribution in [0.2, 0.25) is 0 Å². The van der Waals surface area contributed by atoms with Crippen LogP contribution in [-0.2, 0) is 38.4 Å². The van der Waals surface area contributed by atoms with Gasteiger partial charge >= 0.3 is 11.9 Å². The van der Waals surface area contributed by atoms with Crippen LogP contribution >= 0.6 is 0 Å². The molecule has 4 fully saturated rings. The van der Waals surface area contributed by atoms with Gasteiger partial charge in [-0.2, -0.15) is 0 Å². The number of carbonyl (C=O) groups is 6. The van der Waals surface area contributed by atoms with Gasteiger partial charge in [-0.15, -0.1) is 10.1 Å². The Hall–Kier alpha value is -2.78. The summed E-state index contributed by atoms with van der Waals surface area (Å²) in [5.41, 5.74) is -1.16. The third-order valence-electron chi connectivity index (χ3n) is 5.62. The molecule has 3 unspecified atom stereocenters. The van der Waals surface area contributed by atoms with Gasteiger partial charge in [0.05, 0.1) is 11.3 Å². The average molecular weight is 364 g/mol. The van der Waals surface area contributed by atoms with Crippen molar-refractivity contribution >= 4 is 35.6 Å². The van der Waals surface area contributed by atoms with Crippen LogP contribution in [0.4, 0.5) is 0 Å². The van der Waals surface area contributed by atoms with Gasteiger partial charge in [-0.25, -0.2) is 9.59 Å². The number of hydrogen-bond donors (Lipinski definition) is 0. The van der Waals surface area contributed by atoms with E-state index < -0.39 is 46.9 Å². The van der Waals surface area contributed by atoms with E-state index in [9.17, 15) is 28.8 Å². The highest BCUT2D eigenvalue weighted by atomic mass is 16.7. The zero-order chi connectivity index (χ0) is 18.6. The third-order valence-corrected chi connectivity index (χ3v) is 5.62. The summed E-state index contributed by atoms with van der Waals surface area (Å²) in [5, 5.41) is 0.906. The van der Waals surface area contributed by atoms with E-state index in [4.69, 9.17) is 9.68 Å². The van der Waals surface area contributed by atoms with Gasteiger partial charge in [0.2, 0.25) is 0 Å². The Balaban J connectivity index is 1.47. The smallest absolute Gasteiger partial charge is 0.330 e. The van der Waals surface area contributed by atoms with Crippen LogP contribution in [0.3, 0.4) is 0 Å². The fraction of sp³-hybridized carbons (Fsp3) is 0.625. The van der Waals surface area contributed by atoms with Gasteiger partial charge in [0.1, 0.15) is 0 Å². The molecule has 26 heavy (non-hydrogen) atoms. The molecule has 138 valence electrons. The quantitative estimate of drug-likeness (QED) is 0.618. The Morgan fingerprint density at radius 2 is 1.35 bits per heavy atom. The van der Waals surface area contributed by atoms with E-state index in [0.717, 1.165) is 0 Å². The highest BCUT2D eigenvalue weighted by Gasteiger charge is 2.76. The lowest BCUT2D eigenvalue weighted by molar-refractivity contribution is -0.205. The first-order valence-electron chi connectivity index (χ1n) is 8.52. The number of hydroxylamine groups is 4. The number of amides is 4. The van der Waals surface area contributed by atoms with Crippen LogP contribution in [0.5, 0.6) is 0 Å². The molecule has 2 saturated heterocycles. The molecule has 2 aliphatic carbocycles. The SMILES string of the molecule is O=C(ON1C(=O)CCC1=O)C1C2CCCC21C(=O)ON1C(=O)CCC1=O. The van der Waals surface area contributed by atoms with Gasteiger partial charge in [0.15, 0.2) is 0 Å². The summed E-state index contributed by atoms with van der Waals surface area (Å²) in [6.45, 7) is 0. The maximum absolute atomic E-state index is 12.6. The van der Waals surface area contributed by atoms with Crippen molar-refractivity contribution in [3.05, 3.63) is 0 Å². The molecule has 0 spiro atoms. The van der Waals surface area contributed by atoms with Gasteiger partial charge < -0.3 is 9.68 Å². The first-order chi connectivity index (χ1) is 12.4. The molecule has 0 aromatic carbocycles. The second kappa shape index (κ2) is 5.61. The van der Waals surface area contributed by atoms with Crippen molar-refractivity contribution in [2.45, 2.75) is 44.9 Å². The summed E-state index contributed by atoms with van der Waals surface area (Å²) in [6, 6.07) is 0. The molecule has 0 aromatic rings. The fourth-order valence-corrected chi connectivity index (χ4v) is 4.28. The lowest BCUT2D eigenvalue weighted by Gasteiger charge is -2.18. The first kappa shape index (κ1) is 16.7. The maximum atomic E-state index is 12.6. The van der Waals surface area contributed by atoms with Crippen LogP contribution in [0.1, 0.15) is 44.9 Å². The van der Waals surface area contributed by atoms with Crippen molar-refractivity contribution in [3.8, 4) is 0 Å².